The molecule has 2 aromatic rings. The van der Waals surface area contributed by atoms with Gasteiger partial charge in [0.1, 0.15) is 11.5 Å². The van der Waals surface area contributed by atoms with Crippen LogP contribution in [0.1, 0.15) is 36.5 Å². The molecule has 2 nitrogen and oxygen atoms in total. The van der Waals surface area contributed by atoms with Crippen LogP contribution in [-0.4, -0.2) is 9.97 Å². The highest BCUT2D eigenvalue weighted by Crippen LogP contribution is 2.32. The Morgan fingerprint density at radius 2 is 1.78 bits per heavy atom. The maximum atomic E-state index is 6.19. The number of aromatic nitrogens is 2. The van der Waals surface area contributed by atoms with E-state index in [1.807, 2.05) is 0 Å². The third-order valence-corrected chi connectivity index (χ3v) is 3.49. The van der Waals surface area contributed by atoms with E-state index in [0.717, 1.165) is 16.8 Å². The zero-order chi connectivity index (χ0) is 13.3. The molecule has 1 heterocycles. The van der Waals surface area contributed by atoms with Crippen molar-refractivity contribution in [3.8, 4) is 11.3 Å². The van der Waals surface area contributed by atoms with Crippen molar-refractivity contribution in [2.75, 3.05) is 0 Å². The lowest BCUT2D eigenvalue weighted by Crippen LogP contribution is -1.99. The van der Waals surface area contributed by atoms with Crippen LogP contribution in [0, 0.1) is 13.8 Å². The number of rotatable bonds is 2. The zero-order valence-corrected chi connectivity index (χ0v) is 11.9. The Morgan fingerprint density at radius 1 is 1.06 bits per heavy atom. The van der Waals surface area contributed by atoms with Crippen LogP contribution in [0.25, 0.3) is 11.3 Å². The summed E-state index contributed by atoms with van der Waals surface area (Å²) in [4.78, 5) is 8.49. The first kappa shape index (κ1) is 13.0. The molecule has 2 rings (SSSR count). The minimum atomic E-state index is 0.301. The van der Waals surface area contributed by atoms with E-state index in [-0.39, 0.29) is 0 Å². The van der Waals surface area contributed by atoms with Crippen LogP contribution in [0.5, 0.6) is 0 Å². The molecular weight excluding hydrogens is 244 g/mol. The third kappa shape index (κ3) is 2.39. The minimum Gasteiger partial charge on any atom is -0.236 e. The summed E-state index contributed by atoms with van der Waals surface area (Å²) in [6.45, 7) is 8.43. The van der Waals surface area contributed by atoms with E-state index in [2.05, 4.69) is 55.9 Å². The molecule has 1 aromatic carbocycles. The second-order valence-electron chi connectivity index (χ2n) is 4.88. The van der Waals surface area contributed by atoms with Gasteiger partial charge in [-0.15, -0.1) is 0 Å². The molecule has 18 heavy (non-hydrogen) atoms. The maximum Gasteiger partial charge on any atom is 0.136 e. The predicted molar refractivity (Wildman–Crippen MR) is 76.0 cm³/mol. The highest BCUT2D eigenvalue weighted by Gasteiger charge is 2.15. The van der Waals surface area contributed by atoms with E-state index in [4.69, 9.17) is 11.6 Å². The van der Waals surface area contributed by atoms with Crippen LogP contribution in [0.2, 0.25) is 5.15 Å². The SMILES string of the molecule is Cc1ccc(-c2ncnc(Cl)c2C(C)C)cc1C. The lowest BCUT2D eigenvalue weighted by atomic mass is 9.96. The molecule has 0 N–H and O–H groups in total. The van der Waals surface area contributed by atoms with Gasteiger partial charge in [0.2, 0.25) is 0 Å². The number of aryl methyl sites for hydroxylation is 2. The molecule has 0 radical (unpaired) electrons. The van der Waals surface area contributed by atoms with Crippen molar-refractivity contribution in [2.24, 2.45) is 0 Å². The molecule has 0 atom stereocenters. The Labute approximate surface area is 113 Å². The number of nitrogens with zero attached hydrogens (tertiary/aromatic N) is 2. The van der Waals surface area contributed by atoms with E-state index in [0.29, 0.717) is 11.1 Å². The zero-order valence-electron chi connectivity index (χ0n) is 11.2. The molecule has 0 aliphatic rings. The van der Waals surface area contributed by atoms with Gasteiger partial charge in [-0.25, -0.2) is 9.97 Å². The van der Waals surface area contributed by atoms with E-state index < -0.39 is 0 Å². The van der Waals surface area contributed by atoms with Gasteiger partial charge in [-0.3, -0.25) is 0 Å². The fourth-order valence-corrected chi connectivity index (χ4v) is 2.36. The van der Waals surface area contributed by atoms with Crippen molar-refractivity contribution in [1.29, 1.82) is 0 Å². The number of benzene rings is 1. The summed E-state index contributed by atoms with van der Waals surface area (Å²) in [6, 6.07) is 6.36. The highest BCUT2D eigenvalue weighted by molar-refractivity contribution is 6.30. The van der Waals surface area contributed by atoms with Gasteiger partial charge in [0.25, 0.3) is 0 Å². The number of halogens is 1. The fourth-order valence-electron chi connectivity index (χ4n) is 2.00. The maximum absolute atomic E-state index is 6.19. The number of hydrogen-bond acceptors (Lipinski definition) is 2. The Morgan fingerprint density at radius 3 is 2.39 bits per heavy atom. The van der Waals surface area contributed by atoms with Crippen molar-refractivity contribution in [3.63, 3.8) is 0 Å². The van der Waals surface area contributed by atoms with Gasteiger partial charge in [-0.2, -0.15) is 0 Å². The monoisotopic (exact) mass is 260 g/mol. The van der Waals surface area contributed by atoms with E-state index in [1.165, 1.54) is 17.5 Å². The molecule has 0 saturated carbocycles. The van der Waals surface area contributed by atoms with Gasteiger partial charge < -0.3 is 0 Å². The molecule has 0 fully saturated rings. The second-order valence-corrected chi connectivity index (χ2v) is 5.24. The summed E-state index contributed by atoms with van der Waals surface area (Å²) < 4.78 is 0. The van der Waals surface area contributed by atoms with Gasteiger partial charge in [-0.05, 0) is 37.0 Å². The summed E-state index contributed by atoms with van der Waals surface area (Å²) in [6.07, 6.45) is 1.53. The lowest BCUT2D eigenvalue weighted by molar-refractivity contribution is 0.849. The van der Waals surface area contributed by atoms with Crippen LogP contribution in [0.4, 0.5) is 0 Å². The average molecular weight is 261 g/mol. The lowest BCUT2D eigenvalue weighted by Gasteiger charge is -2.13. The average Bonchev–Trinajstić information content (AvgIpc) is 2.32. The molecule has 0 bridgehead atoms. The van der Waals surface area contributed by atoms with E-state index in [1.54, 1.807) is 0 Å². The Kier molecular flexibility index (Phi) is 3.67. The fraction of sp³-hybridized carbons (Fsp3) is 0.333. The van der Waals surface area contributed by atoms with E-state index in [9.17, 15) is 0 Å². The van der Waals surface area contributed by atoms with Crippen LogP contribution in [0.3, 0.4) is 0 Å². The molecule has 3 heteroatoms. The van der Waals surface area contributed by atoms with Crippen LogP contribution >= 0.6 is 11.6 Å². The van der Waals surface area contributed by atoms with Gasteiger partial charge in [0.15, 0.2) is 0 Å². The van der Waals surface area contributed by atoms with Crippen molar-refractivity contribution < 1.29 is 0 Å². The van der Waals surface area contributed by atoms with Crippen molar-refractivity contribution in [1.82, 2.24) is 9.97 Å². The summed E-state index contributed by atoms with van der Waals surface area (Å²) in [5.41, 5.74) is 5.60. The Hall–Kier alpha value is -1.41. The first-order valence-corrected chi connectivity index (χ1v) is 6.46. The van der Waals surface area contributed by atoms with Crippen molar-refractivity contribution in [3.05, 3.63) is 46.4 Å². The molecule has 1 aromatic heterocycles. The summed E-state index contributed by atoms with van der Waals surface area (Å²) >= 11 is 6.19. The highest BCUT2D eigenvalue weighted by atomic mass is 35.5. The summed E-state index contributed by atoms with van der Waals surface area (Å²) in [7, 11) is 0. The van der Waals surface area contributed by atoms with Gasteiger partial charge >= 0.3 is 0 Å². The molecule has 0 aliphatic heterocycles. The Bertz CT molecular complexity index is 577. The summed E-state index contributed by atoms with van der Waals surface area (Å²) in [5.74, 6) is 0.301. The van der Waals surface area contributed by atoms with Gasteiger partial charge in [-0.1, -0.05) is 37.6 Å². The van der Waals surface area contributed by atoms with Gasteiger partial charge in [0, 0.05) is 11.1 Å². The first-order chi connectivity index (χ1) is 8.50. The smallest absolute Gasteiger partial charge is 0.136 e. The topological polar surface area (TPSA) is 25.8 Å². The van der Waals surface area contributed by atoms with Crippen LogP contribution < -0.4 is 0 Å². The first-order valence-electron chi connectivity index (χ1n) is 6.08. The molecule has 0 spiro atoms. The van der Waals surface area contributed by atoms with Crippen molar-refractivity contribution >= 4 is 11.6 Å². The number of hydrogen-bond donors (Lipinski definition) is 0. The second kappa shape index (κ2) is 5.07. The molecule has 94 valence electrons. The molecule has 0 aliphatic carbocycles. The molecule has 0 amide bonds. The normalized spacial score (nSPS) is 11.0. The van der Waals surface area contributed by atoms with E-state index >= 15 is 0 Å². The third-order valence-electron chi connectivity index (χ3n) is 3.19. The molecule has 0 saturated heterocycles. The molecule has 0 unspecified atom stereocenters. The minimum absolute atomic E-state index is 0.301. The predicted octanol–water partition coefficient (Wildman–Crippen LogP) is 4.54. The van der Waals surface area contributed by atoms with Crippen LogP contribution in [-0.2, 0) is 0 Å². The molecular formula is C15H17ClN2. The largest absolute Gasteiger partial charge is 0.236 e. The van der Waals surface area contributed by atoms with Crippen molar-refractivity contribution in [2.45, 2.75) is 33.6 Å². The van der Waals surface area contributed by atoms with Crippen LogP contribution in [0.15, 0.2) is 24.5 Å². The quantitative estimate of drug-likeness (QED) is 0.741. The Balaban J connectivity index is 2.63. The summed E-state index contributed by atoms with van der Waals surface area (Å²) in [5, 5.41) is 0.549. The van der Waals surface area contributed by atoms with Gasteiger partial charge in [0.05, 0.1) is 5.69 Å². The standard InChI is InChI=1S/C15H17ClN2/c1-9(2)13-14(17-8-18-15(13)16)12-6-5-10(3)11(4)7-12/h5-9H,1-4H3.